The van der Waals surface area contributed by atoms with Crippen molar-refractivity contribution < 1.29 is 23.8 Å². The van der Waals surface area contributed by atoms with Crippen LogP contribution < -0.4 is 4.74 Å². The fourth-order valence-corrected chi connectivity index (χ4v) is 3.60. The van der Waals surface area contributed by atoms with Crippen molar-refractivity contribution in [2.24, 2.45) is 5.92 Å². The maximum atomic E-state index is 13.2. The number of hydrogen-bond acceptors (Lipinski definition) is 5. The molecular weight excluding hydrogens is 370 g/mol. The summed E-state index contributed by atoms with van der Waals surface area (Å²) >= 11 is 0. The van der Waals surface area contributed by atoms with Crippen molar-refractivity contribution in [1.29, 1.82) is 0 Å². The third-order valence-electron chi connectivity index (χ3n) is 5.23. The molecule has 0 aromatic heterocycles. The Morgan fingerprint density at radius 2 is 1.83 bits per heavy atom. The van der Waals surface area contributed by atoms with Gasteiger partial charge in [-0.1, -0.05) is 36.4 Å². The minimum absolute atomic E-state index is 0.0621. The van der Waals surface area contributed by atoms with Gasteiger partial charge in [0.2, 0.25) is 5.91 Å². The minimum atomic E-state index is -0.430. The number of esters is 1. The van der Waals surface area contributed by atoms with E-state index in [9.17, 15) is 9.59 Å². The molecule has 2 aliphatic rings. The Bertz CT molecular complexity index is 932. The molecule has 0 unspecified atom stereocenters. The van der Waals surface area contributed by atoms with Gasteiger partial charge in [0.05, 0.1) is 25.4 Å². The van der Waals surface area contributed by atoms with E-state index in [1.165, 1.54) is 7.11 Å². The first-order valence-corrected chi connectivity index (χ1v) is 9.70. The van der Waals surface area contributed by atoms with E-state index in [1.54, 1.807) is 23.2 Å². The largest absolute Gasteiger partial charge is 0.465 e. The number of fused-ring (bicyclic) bond motifs is 1. The smallest absolute Gasteiger partial charge is 0.337 e. The third kappa shape index (κ3) is 4.17. The molecule has 2 aromatic rings. The van der Waals surface area contributed by atoms with Crippen molar-refractivity contribution in [3.63, 3.8) is 0 Å². The highest BCUT2D eigenvalue weighted by Gasteiger charge is 2.29. The average Bonchev–Trinajstić information content (AvgIpc) is 2.98. The highest BCUT2D eigenvalue weighted by molar-refractivity contribution is 5.90. The number of benzene rings is 2. The van der Waals surface area contributed by atoms with Crippen LogP contribution in [0.2, 0.25) is 0 Å². The molecule has 2 aliphatic heterocycles. The van der Waals surface area contributed by atoms with Crippen LogP contribution >= 0.6 is 0 Å². The SMILES string of the molecule is COC(=O)c1ccc2c(c1)OC(c1ccccc1)=CN(C(=O)C1CCOCC1)C2. The number of carbonyl (C=O) groups excluding carboxylic acids is 2. The van der Waals surface area contributed by atoms with Gasteiger partial charge >= 0.3 is 5.97 Å². The van der Waals surface area contributed by atoms with Crippen LogP contribution in [0.5, 0.6) is 5.75 Å². The molecule has 4 rings (SSSR count). The predicted octanol–water partition coefficient (Wildman–Crippen LogP) is 3.62. The first kappa shape index (κ1) is 19.2. The quantitative estimate of drug-likeness (QED) is 0.746. The van der Waals surface area contributed by atoms with Crippen molar-refractivity contribution in [2.45, 2.75) is 19.4 Å². The number of rotatable bonds is 3. The lowest BCUT2D eigenvalue weighted by Gasteiger charge is -2.26. The summed E-state index contributed by atoms with van der Waals surface area (Å²) in [5.74, 6) is 0.682. The molecule has 150 valence electrons. The molecule has 0 N–H and O–H groups in total. The van der Waals surface area contributed by atoms with Gasteiger partial charge in [-0.15, -0.1) is 0 Å². The lowest BCUT2D eigenvalue weighted by molar-refractivity contribution is -0.136. The van der Waals surface area contributed by atoms with Gasteiger partial charge in [-0.05, 0) is 25.0 Å². The number of hydrogen-bond donors (Lipinski definition) is 0. The minimum Gasteiger partial charge on any atom is -0.465 e. The van der Waals surface area contributed by atoms with Gasteiger partial charge in [0.15, 0.2) is 5.76 Å². The Morgan fingerprint density at radius 1 is 1.07 bits per heavy atom. The van der Waals surface area contributed by atoms with Crippen molar-refractivity contribution in [1.82, 2.24) is 4.90 Å². The molecule has 2 heterocycles. The lowest BCUT2D eigenvalue weighted by atomic mass is 9.98. The molecule has 0 radical (unpaired) electrons. The highest BCUT2D eigenvalue weighted by atomic mass is 16.5. The summed E-state index contributed by atoms with van der Waals surface area (Å²) in [5.41, 5.74) is 2.09. The standard InChI is InChI=1S/C23H23NO5/c1-27-23(26)18-7-8-19-14-24(22(25)17-9-11-28-12-10-17)15-21(29-20(19)13-18)16-5-3-2-4-6-16/h2-8,13,15,17H,9-12,14H2,1H3. The first-order valence-electron chi connectivity index (χ1n) is 9.70. The van der Waals surface area contributed by atoms with E-state index in [-0.39, 0.29) is 11.8 Å². The Labute approximate surface area is 169 Å². The Kier molecular flexibility index (Phi) is 5.62. The van der Waals surface area contributed by atoms with Gasteiger partial charge < -0.3 is 19.1 Å². The second kappa shape index (κ2) is 8.49. The van der Waals surface area contributed by atoms with Gasteiger partial charge in [0, 0.05) is 30.3 Å². The zero-order valence-corrected chi connectivity index (χ0v) is 16.3. The topological polar surface area (TPSA) is 65.1 Å². The molecule has 0 aliphatic carbocycles. The monoisotopic (exact) mass is 393 g/mol. The zero-order chi connectivity index (χ0) is 20.2. The molecule has 0 saturated carbocycles. The number of ether oxygens (including phenoxy) is 3. The Hall–Kier alpha value is -3.12. The molecule has 1 fully saturated rings. The lowest BCUT2D eigenvalue weighted by Crippen LogP contribution is -2.34. The summed E-state index contributed by atoms with van der Waals surface area (Å²) in [6, 6.07) is 14.8. The van der Waals surface area contributed by atoms with E-state index in [1.807, 2.05) is 36.4 Å². The van der Waals surface area contributed by atoms with Gasteiger partial charge in [-0.2, -0.15) is 0 Å². The summed E-state index contributed by atoms with van der Waals surface area (Å²) in [7, 11) is 1.35. The van der Waals surface area contributed by atoms with Crippen molar-refractivity contribution in [2.75, 3.05) is 20.3 Å². The molecule has 0 bridgehead atoms. The van der Waals surface area contributed by atoms with Gasteiger partial charge in [0.25, 0.3) is 0 Å². The summed E-state index contributed by atoms with van der Waals surface area (Å²) in [6.07, 6.45) is 3.21. The predicted molar refractivity (Wildman–Crippen MR) is 107 cm³/mol. The molecule has 29 heavy (non-hydrogen) atoms. The second-order valence-electron chi connectivity index (χ2n) is 7.13. The normalized spacial score (nSPS) is 16.9. The van der Waals surface area contributed by atoms with E-state index in [4.69, 9.17) is 14.2 Å². The van der Waals surface area contributed by atoms with Crippen LogP contribution in [0.25, 0.3) is 5.76 Å². The van der Waals surface area contributed by atoms with Crippen LogP contribution in [0.3, 0.4) is 0 Å². The molecule has 0 atom stereocenters. The molecule has 0 spiro atoms. The first-order chi connectivity index (χ1) is 14.2. The van der Waals surface area contributed by atoms with E-state index < -0.39 is 5.97 Å². The summed E-state index contributed by atoms with van der Waals surface area (Å²) in [6.45, 7) is 1.59. The molecule has 1 amide bonds. The fourth-order valence-electron chi connectivity index (χ4n) is 3.60. The van der Waals surface area contributed by atoms with Gasteiger partial charge in [-0.3, -0.25) is 4.79 Å². The number of nitrogens with zero attached hydrogens (tertiary/aromatic N) is 1. The van der Waals surface area contributed by atoms with Crippen molar-refractivity contribution in [3.8, 4) is 5.75 Å². The average molecular weight is 393 g/mol. The van der Waals surface area contributed by atoms with Crippen molar-refractivity contribution >= 4 is 17.6 Å². The van der Waals surface area contributed by atoms with Gasteiger partial charge in [0.1, 0.15) is 5.75 Å². The molecular formula is C23H23NO5. The maximum Gasteiger partial charge on any atom is 0.337 e. The molecule has 6 heteroatoms. The van der Waals surface area contributed by atoms with Crippen molar-refractivity contribution in [3.05, 3.63) is 71.4 Å². The van der Waals surface area contributed by atoms with Crippen LogP contribution in [0.1, 0.15) is 34.3 Å². The van der Waals surface area contributed by atoms with Crippen LogP contribution in [0.15, 0.2) is 54.7 Å². The Morgan fingerprint density at radius 3 is 2.55 bits per heavy atom. The second-order valence-corrected chi connectivity index (χ2v) is 7.13. The number of methoxy groups -OCH3 is 1. The van der Waals surface area contributed by atoms with E-state index in [0.717, 1.165) is 24.0 Å². The fraction of sp³-hybridized carbons (Fsp3) is 0.304. The van der Waals surface area contributed by atoms with E-state index in [0.29, 0.717) is 36.8 Å². The summed E-state index contributed by atoms with van der Waals surface area (Å²) in [4.78, 5) is 26.9. The maximum absolute atomic E-state index is 13.2. The van der Waals surface area contributed by atoms with E-state index >= 15 is 0 Å². The van der Waals surface area contributed by atoms with Crippen LogP contribution in [-0.4, -0.2) is 37.1 Å². The van der Waals surface area contributed by atoms with Crippen LogP contribution in [0, 0.1) is 5.92 Å². The zero-order valence-electron chi connectivity index (χ0n) is 16.3. The van der Waals surface area contributed by atoms with E-state index in [2.05, 4.69) is 0 Å². The number of carbonyl (C=O) groups is 2. The number of amides is 1. The summed E-state index contributed by atoms with van der Waals surface area (Å²) in [5, 5.41) is 0. The molecule has 1 saturated heterocycles. The molecule has 6 nitrogen and oxygen atoms in total. The third-order valence-corrected chi connectivity index (χ3v) is 5.23. The summed E-state index contributed by atoms with van der Waals surface area (Å²) < 4.78 is 16.4. The van der Waals surface area contributed by atoms with Gasteiger partial charge in [-0.25, -0.2) is 4.79 Å². The van der Waals surface area contributed by atoms with Crippen LogP contribution in [-0.2, 0) is 20.8 Å². The van der Waals surface area contributed by atoms with Crippen LogP contribution in [0.4, 0.5) is 0 Å². The molecule has 2 aromatic carbocycles. The highest BCUT2D eigenvalue weighted by Crippen LogP contribution is 2.32. The Balaban J connectivity index is 1.72.